The minimum absolute atomic E-state index is 0.171. The third-order valence-electron chi connectivity index (χ3n) is 2.40. The maximum Gasteiger partial charge on any atom is 0.587 e. The fourth-order valence-corrected chi connectivity index (χ4v) is 1.51. The van der Waals surface area contributed by atoms with Crippen LogP contribution in [0.3, 0.4) is 0 Å². The van der Waals surface area contributed by atoms with Crippen LogP contribution in [0.25, 0.3) is 0 Å². The van der Waals surface area contributed by atoms with Crippen molar-refractivity contribution < 1.29 is 4.32 Å². The molecule has 0 unspecified atom stereocenters. The van der Waals surface area contributed by atoms with Gasteiger partial charge in [0.15, 0.2) is 0 Å². The van der Waals surface area contributed by atoms with Gasteiger partial charge in [-0.15, -0.1) is 0 Å². The predicted molar refractivity (Wildman–Crippen MR) is 59.2 cm³/mol. The normalized spacial score (nSPS) is 18.4. The average molecular weight is 198 g/mol. The molecule has 1 aliphatic heterocycles. The van der Waals surface area contributed by atoms with Crippen molar-refractivity contribution in [3.8, 4) is 0 Å². The van der Waals surface area contributed by atoms with Gasteiger partial charge in [-0.1, -0.05) is 0 Å². The van der Waals surface area contributed by atoms with E-state index in [2.05, 4.69) is 0 Å². The topological polar surface area (TPSA) is 6.48 Å². The first-order chi connectivity index (χ1) is 6.14. The summed E-state index contributed by atoms with van der Waals surface area (Å²) in [5.74, 6) is 0. The number of rotatable bonds is 0. The molecule has 0 aliphatic carbocycles. The van der Waals surface area contributed by atoms with Crippen LogP contribution in [-0.4, -0.2) is 28.0 Å². The number of nitrogens with zero attached hydrogens (tertiary/aromatic N) is 2. The van der Waals surface area contributed by atoms with E-state index in [1.165, 1.54) is 0 Å². The maximum atomic E-state index is 14.0. The fraction of sp³-hybridized carbons (Fsp3) is 0.800. The van der Waals surface area contributed by atoms with Crippen LogP contribution in [0.15, 0.2) is 12.4 Å². The van der Waals surface area contributed by atoms with Crippen LogP contribution >= 0.6 is 0 Å². The summed E-state index contributed by atoms with van der Waals surface area (Å²) in [4.78, 5) is 3.47. The molecule has 1 heterocycles. The Morgan fingerprint density at radius 2 is 1.14 bits per heavy atom. The highest BCUT2D eigenvalue weighted by molar-refractivity contribution is 6.46. The average Bonchev–Trinajstić information content (AvgIpc) is 2.26. The molecule has 0 atom stereocenters. The van der Waals surface area contributed by atoms with Crippen LogP contribution in [0.5, 0.6) is 0 Å². The number of hydrogen-bond donors (Lipinski definition) is 0. The van der Waals surface area contributed by atoms with Gasteiger partial charge in [-0.2, -0.15) is 0 Å². The Morgan fingerprint density at radius 3 is 1.29 bits per heavy atom. The molecule has 0 saturated carbocycles. The van der Waals surface area contributed by atoms with E-state index in [0.29, 0.717) is 0 Å². The van der Waals surface area contributed by atoms with Gasteiger partial charge in [0.2, 0.25) is 0 Å². The van der Waals surface area contributed by atoms with E-state index >= 15 is 0 Å². The van der Waals surface area contributed by atoms with E-state index in [9.17, 15) is 4.32 Å². The highest BCUT2D eigenvalue weighted by Gasteiger charge is 2.43. The quantitative estimate of drug-likeness (QED) is 0.552. The van der Waals surface area contributed by atoms with Crippen molar-refractivity contribution >= 4 is 7.26 Å². The molecule has 0 spiro atoms. The van der Waals surface area contributed by atoms with Crippen molar-refractivity contribution in [3.63, 3.8) is 0 Å². The second-order valence-electron chi connectivity index (χ2n) is 5.76. The first-order valence-corrected chi connectivity index (χ1v) is 5.03. The fourth-order valence-electron chi connectivity index (χ4n) is 1.51. The second-order valence-corrected chi connectivity index (χ2v) is 5.76. The molecule has 0 aromatic heterocycles. The van der Waals surface area contributed by atoms with Crippen molar-refractivity contribution in [1.82, 2.24) is 9.62 Å². The van der Waals surface area contributed by atoms with Gasteiger partial charge in [0.05, 0.1) is 0 Å². The molecule has 14 heavy (non-hydrogen) atoms. The van der Waals surface area contributed by atoms with E-state index in [1.54, 1.807) is 9.62 Å². The highest BCUT2D eigenvalue weighted by Crippen LogP contribution is 2.28. The molecule has 4 heteroatoms. The zero-order valence-electron chi connectivity index (χ0n) is 10.0. The lowest BCUT2D eigenvalue weighted by Crippen LogP contribution is -2.54. The third-order valence-corrected chi connectivity index (χ3v) is 2.40. The predicted octanol–water partition coefficient (Wildman–Crippen LogP) is 2.63. The molecule has 0 aromatic rings. The Balaban J connectivity index is 2.81. The lowest BCUT2D eigenvalue weighted by Gasteiger charge is -2.38. The summed E-state index contributed by atoms with van der Waals surface area (Å²) in [7, 11) is -1.05. The van der Waals surface area contributed by atoms with E-state index in [-0.39, 0.29) is 11.1 Å². The van der Waals surface area contributed by atoms with Crippen molar-refractivity contribution in [1.29, 1.82) is 0 Å². The maximum absolute atomic E-state index is 14.0. The Bertz CT molecular complexity index is 215. The van der Waals surface area contributed by atoms with Crippen LogP contribution in [-0.2, 0) is 0 Å². The Hall–Kier alpha value is -0.665. The molecule has 0 fully saturated rings. The van der Waals surface area contributed by atoms with E-state index in [1.807, 2.05) is 53.9 Å². The number of hydrogen-bond acceptors (Lipinski definition) is 2. The largest absolute Gasteiger partial charge is 0.587 e. The van der Waals surface area contributed by atoms with Crippen LogP contribution in [0.1, 0.15) is 41.5 Å². The van der Waals surface area contributed by atoms with Gasteiger partial charge in [-0.25, -0.2) is 0 Å². The summed E-state index contributed by atoms with van der Waals surface area (Å²) in [6, 6.07) is 0. The summed E-state index contributed by atoms with van der Waals surface area (Å²) in [6.45, 7) is 12.1. The van der Waals surface area contributed by atoms with Crippen molar-refractivity contribution in [2.75, 3.05) is 0 Å². The summed E-state index contributed by atoms with van der Waals surface area (Å²) >= 11 is 0. The molecule has 80 valence electrons. The van der Waals surface area contributed by atoms with Gasteiger partial charge in [0.1, 0.15) is 0 Å². The van der Waals surface area contributed by atoms with E-state index < -0.39 is 7.26 Å². The molecule has 0 amide bonds. The lowest BCUT2D eigenvalue weighted by molar-refractivity contribution is 0.254. The summed E-state index contributed by atoms with van der Waals surface area (Å²) in [5.41, 5.74) is -0.341. The molecule has 1 rings (SSSR count). The molecule has 1 aliphatic rings. The smallest absolute Gasteiger partial charge is 0.367 e. The summed E-state index contributed by atoms with van der Waals surface area (Å²) in [6.07, 6.45) is 3.66. The molecule has 2 nitrogen and oxygen atoms in total. The molecule has 0 N–H and O–H groups in total. The summed E-state index contributed by atoms with van der Waals surface area (Å²) in [5, 5.41) is 0. The van der Waals surface area contributed by atoms with Gasteiger partial charge >= 0.3 is 7.26 Å². The Morgan fingerprint density at radius 1 is 0.857 bits per heavy atom. The van der Waals surface area contributed by atoms with Crippen LogP contribution < -0.4 is 0 Å². The zero-order valence-corrected chi connectivity index (χ0v) is 10.0. The first-order valence-electron chi connectivity index (χ1n) is 5.03. The van der Waals surface area contributed by atoms with Gasteiger partial charge in [0.25, 0.3) is 0 Å². The Labute approximate surface area is 86.9 Å². The van der Waals surface area contributed by atoms with Crippen molar-refractivity contribution in [2.24, 2.45) is 0 Å². The molecule has 0 bridgehead atoms. The Kier molecular flexibility index (Phi) is 2.59. The third kappa shape index (κ3) is 2.04. The molecule has 0 saturated heterocycles. The number of halogens is 1. The van der Waals surface area contributed by atoms with Crippen LogP contribution in [0.2, 0.25) is 0 Å². The highest BCUT2D eigenvalue weighted by atomic mass is 19.1. The van der Waals surface area contributed by atoms with Crippen molar-refractivity contribution in [2.45, 2.75) is 52.6 Å². The lowest BCUT2D eigenvalue weighted by atomic mass is 9.88. The monoisotopic (exact) mass is 198 g/mol. The first kappa shape index (κ1) is 11.4. The van der Waals surface area contributed by atoms with Crippen molar-refractivity contribution in [3.05, 3.63) is 12.4 Å². The second kappa shape index (κ2) is 3.18. The molecule has 0 radical (unpaired) electrons. The zero-order chi connectivity index (χ0) is 11.1. The van der Waals surface area contributed by atoms with Gasteiger partial charge < -0.3 is 9.62 Å². The molecular weight excluding hydrogens is 178 g/mol. The molecule has 0 aromatic carbocycles. The standard InChI is InChI=1S/C10H20BFN2/c1-9(2,3)13-7-8-14(11(13)12)10(4,5)6/h7-8H,1-6H3. The molecular formula is C10H20BFN2. The minimum Gasteiger partial charge on any atom is -0.367 e. The van der Waals surface area contributed by atoms with Crippen LogP contribution in [0, 0.1) is 0 Å². The minimum atomic E-state index is -1.05. The van der Waals surface area contributed by atoms with Gasteiger partial charge in [-0.05, 0) is 41.5 Å². The van der Waals surface area contributed by atoms with Crippen LogP contribution in [0.4, 0.5) is 4.32 Å². The SMILES string of the molecule is CC(C)(C)N1C=CN(C(C)(C)C)B1F. The van der Waals surface area contributed by atoms with Gasteiger partial charge in [-0.3, -0.25) is 4.32 Å². The van der Waals surface area contributed by atoms with Gasteiger partial charge in [0, 0.05) is 23.5 Å². The van der Waals surface area contributed by atoms with E-state index in [0.717, 1.165) is 0 Å². The summed E-state index contributed by atoms with van der Waals surface area (Å²) < 4.78 is 14.0. The van der Waals surface area contributed by atoms with E-state index in [4.69, 9.17) is 0 Å².